The van der Waals surface area contributed by atoms with Crippen molar-refractivity contribution in [3.8, 4) is 5.75 Å². The highest BCUT2D eigenvalue weighted by molar-refractivity contribution is 6.32. The average Bonchev–Trinajstić information content (AvgIpc) is 2.08. The minimum atomic E-state index is 0.630. The Kier molecular flexibility index (Phi) is 2.93. The van der Waals surface area contributed by atoms with Gasteiger partial charge in [0.1, 0.15) is 10.8 Å². The molecule has 0 radical (unpaired) electrons. The van der Waals surface area contributed by atoms with E-state index >= 15 is 0 Å². The predicted octanol–water partition coefficient (Wildman–Crippen LogP) is 2.61. The molecule has 0 aliphatic heterocycles. The summed E-state index contributed by atoms with van der Waals surface area (Å²) >= 11 is 5.99. The number of pyridine rings is 1. The van der Waals surface area contributed by atoms with Crippen LogP contribution in [0.15, 0.2) is 6.07 Å². The summed E-state index contributed by atoms with van der Waals surface area (Å²) in [5.41, 5.74) is 1.83. The minimum absolute atomic E-state index is 0.630. The van der Waals surface area contributed by atoms with E-state index in [2.05, 4.69) is 4.98 Å². The van der Waals surface area contributed by atoms with Crippen LogP contribution >= 0.6 is 11.6 Å². The summed E-state index contributed by atoms with van der Waals surface area (Å²) in [6.07, 6.45) is 0.830. The van der Waals surface area contributed by atoms with Gasteiger partial charge >= 0.3 is 0 Å². The third kappa shape index (κ3) is 1.69. The molecule has 0 unspecified atom stereocenters. The zero-order valence-electron chi connectivity index (χ0n) is 7.52. The summed E-state index contributed by atoms with van der Waals surface area (Å²) in [6, 6.07) is 1.83. The van der Waals surface area contributed by atoms with Crippen LogP contribution in [0.1, 0.15) is 18.3 Å². The van der Waals surface area contributed by atoms with Crippen molar-refractivity contribution in [3.63, 3.8) is 0 Å². The molecule has 0 saturated carbocycles. The molecule has 1 rings (SSSR count). The second-order valence-corrected chi connectivity index (χ2v) is 2.96. The van der Waals surface area contributed by atoms with E-state index in [1.165, 1.54) is 0 Å². The molecule has 0 amide bonds. The Morgan fingerprint density at radius 3 is 2.75 bits per heavy atom. The molecular weight excluding hydrogens is 174 g/mol. The van der Waals surface area contributed by atoms with E-state index in [0.29, 0.717) is 10.8 Å². The summed E-state index contributed by atoms with van der Waals surface area (Å²) in [4.78, 5) is 4.29. The highest BCUT2D eigenvalue weighted by Crippen LogP contribution is 2.27. The maximum absolute atomic E-state index is 5.99. The minimum Gasteiger partial charge on any atom is -0.495 e. The number of aromatic nitrogens is 1. The van der Waals surface area contributed by atoms with E-state index in [-0.39, 0.29) is 0 Å². The molecule has 1 heterocycles. The van der Waals surface area contributed by atoms with Gasteiger partial charge in [-0.15, -0.1) is 0 Å². The third-order valence-electron chi connectivity index (χ3n) is 1.68. The molecule has 0 aromatic carbocycles. The topological polar surface area (TPSA) is 22.1 Å². The lowest BCUT2D eigenvalue weighted by molar-refractivity contribution is 0.413. The van der Waals surface area contributed by atoms with Gasteiger partial charge in [-0.2, -0.15) is 0 Å². The van der Waals surface area contributed by atoms with Gasteiger partial charge in [0.15, 0.2) is 0 Å². The smallest absolute Gasteiger partial charge is 0.141 e. The number of nitrogens with zero attached hydrogens (tertiary/aromatic N) is 1. The number of hydrogen-bond acceptors (Lipinski definition) is 2. The molecule has 0 spiro atoms. The summed E-state index contributed by atoms with van der Waals surface area (Å²) in [6.45, 7) is 3.95. The Morgan fingerprint density at radius 1 is 1.58 bits per heavy atom. The fourth-order valence-corrected chi connectivity index (χ4v) is 1.38. The Morgan fingerprint density at radius 2 is 2.25 bits per heavy atom. The first-order valence-corrected chi connectivity index (χ1v) is 4.26. The van der Waals surface area contributed by atoms with Gasteiger partial charge in [0, 0.05) is 11.8 Å². The molecule has 1 aromatic heterocycles. The lowest BCUT2D eigenvalue weighted by Gasteiger charge is -2.07. The van der Waals surface area contributed by atoms with Crippen molar-refractivity contribution in [3.05, 3.63) is 22.5 Å². The average molecular weight is 186 g/mol. The van der Waals surface area contributed by atoms with Crippen molar-refractivity contribution in [2.75, 3.05) is 7.11 Å². The van der Waals surface area contributed by atoms with Crippen LogP contribution in [0.5, 0.6) is 5.75 Å². The molecule has 0 atom stereocenters. The lowest BCUT2D eigenvalue weighted by Crippen LogP contribution is -1.95. The van der Waals surface area contributed by atoms with Gasteiger partial charge in [0.05, 0.1) is 12.8 Å². The Bertz CT molecular complexity index is 261. The Labute approximate surface area is 77.5 Å². The molecule has 2 nitrogen and oxygen atoms in total. The highest BCUT2D eigenvalue weighted by atomic mass is 35.5. The first kappa shape index (κ1) is 9.33. The van der Waals surface area contributed by atoms with E-state index in [9.17, 15) is 0 Å². The highest BCUT2D eigenvalue weighted by Gasteiger charge is 2.07. The number of hydrogen-bond donors (Lipinski definition) is 0. The SMILES string of the molecule is CCc1nc(C)cc(OC)c1Cl. The maximum atomic E-state index is 5.99. The third-order valence-corrected chi connectivity index (χ3v) is 2.08. The van der Waals surface area contributed by atoms with Crippen LogP contribution in [-0.4, -0.2) is 12.1 Å². The summed E-state index contributed by atoms with van der Waals surface area (Å²) in [7, 11) is 1.61. The normalized spacial score (nSPS) is 10.0. The van der Waals surface area contributed by atoms with E-state index < -0.39 is 0 Å². The van der Waals surface area contributed by atoms with Crippen molar-refractivity contribution in [1.29, 1.82) is 0 Å². The number of aryl methyl sites for hydroxylation is 2. The molecule has 0 N–H and O–H groups in total. The summed E-state index contributed by atoms with van der Waals surface area (Å²) < 4.78 is 5.10. The molecule has 0 aliphatic carbocycles. The van der Waals surface area contributed by atoms with Crippen LogP contribution in [-0.2, 0) is 6.42 Å². The van der Waals surface area contributed by atoms with Crippen LogP contribution in [0.4, 0.5) is 0 Å². The molecular formula is C9H12ClNO. The van der Waals surface area contributed by atoms with Gasteiger partial charge in [-0.3, -0.25) is 4.98 Å². The van der Waals surface area contributed by atoms with Crippen LogP contribution in [0.2, 0.25) is 5.02 Å². The van der Waals surface area contributed by atoms with E-state index in [4.69, 9.17) is 16.3 Å². The van der Waals surface area contributed by atoms with E-state index in [1.54, 1.807) is 7.11 Å². The number of ether oxygens (including phenoxy) is 1. The molecule has 66 valence electrons. The zero-order chi connectivity index (χ0) is 9.14. The molecule has 0 fully saturated rings. The van der Waals surface area contributed by atoms with Crippen LogP contribution in [0.25, 0.3) is 0 Å². The van der Waals surface area contributed by atoms with Gasteiger partial charge in [0.25, 0.3) is 0 Å². The first-order chi connectivity index (χ1) is 5.69. The molecule has 0 saturated heterocycles. The predicted molar refractivity (Wildman–Crippen MR) is 49.9 cm³/mol. The molecule has 3 heteroatoms. The quantitative estimate of drug-likeness (QED) is 0.707. The fourth-order valence-electron chi connectivity index (χ4n) is 1.07. The Hall–Kier alpha value is -0.760. The lowest BCUT2D eigenvalue weighted by atomic mass is 10.2. The van der Waals surface area contributed by atoms with E-state index in [1.807, 2.05) is 19.9 Å². The maximum Gasteiger partial charge on any atom is 0.141 e. The number of methoxy groups -OCH3 is 1. The summed E-state index contributed by atoms with van der Waals surface area (Å²) in [5, 5.41) is 0.630. The van der Waals surface area contributed by atoms with Crippen LogP contribution < -0.4 is 4.74 Å². The number of halogens is 1. The van der Waals surface area contributed by atoms with E-state index in [0.717, 1.165) is 17.8 Å². The standard InChI is InChI=1S/C9H12ClNO/c1-4-7-9(10)8(12-3)5-6(2)11-7/h5H,4H2,1-3H3. The summed E-state index contributed by atoms with van der Waals surface area (Å²) in [5.74, 6) is 0.709. The monoisotopic (exact) mass is 185 g/mol. The molecule has 0 bridgehead atoms. The van der Waals surface area contributed by atoms with Gasteiger partial charge < -0.3 is 4.74 Å². The van der Waals surface area contributed by atoms with Gasteiger partial charge in [-0.1, -0.05) is 18.5 Å². The number of rotatable bonds is 2. The second kappa shape index (κ2) is 3.76. The first-order valence-electron chi connectivity index (χ1n) is 3.89. The van der Waals surface area contributed by atoms with Crippen LogP contribution in [0, 0.1) is 6.92 Å². The molecule has 1 aromatic rings. The van der Waals surface area contributed by atoms with Gasteiger partial charge in [0.2, 0.25) is 0 Å². The van der Waals surface area contributed by atoms with Gasteiger partial charge in [-0.05, 0) is 13.3 Å². The van der Waals surface area contributed by atoms with Crippen molar-refractivity contribution in [1.82, 2.24) is 4.98 Å². The Balaban J connectivity index is 3.22. The molecule has 12 heavy (non-hydrogen) atoms. The second-order valence-electron chi connectivity index (χ2n) is 2.58. The molecule has 0 aliphatic rings. The zero-order valence-corrected chi connectivity index (χ0v) is 8.27. The van der Waals surface area contributed by atoms with Crippen molar-refractivity contribution < 1.29 is 4.74 Å². The van der Waals surface area contributed by atoms with Crippen molar-refractivity contribution in [2.45, 2.75) is 20.3 Å². The largest absolute Gasteiger partial charge is 0.495 e. The van der Waals surface area contributed by atoms with Gasteiger partial charge in [-0.25, -0.2) is 0 Å². The fraction of sp³-hybridized carbons (Fsp3) is 0.444. The van der Waals surface area contributed by atoms with Crippen LogP contribution in [0.3, 0.4) is 0 Å². The van der Waals surface area contributed by atoms with Crippen molar-refractivity contribution >= 4 is 11.6 Å². The van der Waals surface area contributed by atoms with Crippen molar-refractivity contribution in [2.24, 2.45) is 0 Å².